The molecule has 2 atom stereocenters. The maximum atomic E-state index is 12.9. The highest BCUT2D eigenvalue weighted by atomic mass is 79.9. The molecule has 2 fully saturated rings. The van der Waals surface area contributed by atoms with E-state index < -0.39 is 0 Å². The van der Waals surface area contributed by atoms with Gasteiger partial charge in [-0.05, 0) is 94.1 Å². The normalized spacial score (nSPS) is 23.4. The molecule has 1 aromatic rings. The second-order valence-electron chi connectivity index (χ2n) is 8.31. The van der Waals surface area contributed by atoms with Crippen LogP contribution in [0.5, 0.6) is 5.75 Å². The van der Waals surface area contributed by atoms with Gasteiger partial charge in [-0.15, -0.1) is 0 Å². The number of hydrogen-bond acceptors (Lipinski definition) is 3. The van der Waals surface area contributed by atoms with Gasteiger partial charge in [0.15, 0.2) is 0 Å². The lowest BCUT2D eigenvalue weighted by molar-refractivity contribution is -0.136. The molecule has 150 valence electrons. The number of likely N-dealkylation sites (tertiary alicyclic amines) is 2. The summed E-state index contributed by atoms with van der Waals surface area (Å²) in [7, 11) is 0. The SMILES string of the molecule is C[C@H]1CCCN(C2CCN(C(=O)[C@H](C)Cc3cc(Br)c(O)c(Br)c3)CC2)C1. The van der Waals surface area contributed by atoms with Crippen molar-refractivity contribution in [1.29, 1.82) is 0 Å². The van der Waals surface area contributed by atoms with Gasteiger partial charge in [0.25, 0.3) is 0 Å². The quantitative estimate of drug-likeness (QED) is 0.643. The van der Waals surface area contributed by atoms with Crippen molar-refractivity contribution in [3.8, 4) is 5.75 Å². The van der Waals surface area contributed by atoms with Crippen LogP contribution in [0.2, 0.25) is 0 Å². The van der Waals surface area contributed by atoms with Crippen LogP contribution in [0.1, 0.15) is 45.1 Å². The van der Waals surface area contributed by atoms with Gasteiger partial charge < -0.3 is 10.0 Å². The Balaban J connectivity index is 1.52. The third-order valence-electron chi connectivity index (χ3n) is 6.02. The number of phenolic OH excluding ortho intramolecular Hbond substituents is 1. The Morgan fingerprint density at radius 2 is 1.81 bits per heavy atom. The smallest absolute Gasteiger partial charge is 0.225 e. The predicted octanol–water partition coefficient (Wildman–Crippen LogP) is 4.82. The van der Waals surface area contributed by atoms with Crippen molar-refractivity contribution in [3.05, 3.63) is 26.6 Å². The molecule has 0 unspecified atom stereocenters. The number of benzene rings is 1. The summed E-state index contributed by atoms with van der Waals surface area (Å²) in [5.74, 6) is 1.20. The zero-order valence-electron chi connectivity index (χ0n) is 16.3. The number of aromatic hydroxyl groups is 1. The van der Waals surface area contributed by atoms with Crippen LogP contribution in [0.4, 0.5) is 0 Å². The largest absolute Gasteiger partial charge is 0.506 e. The van der Waals surface area contributed by atoms with Gasteiger partial charge in [0.2, 0.25) is 5.91 Å². The van der Waals surface area contributed by atoms with Crippen LogP contribution in [0, 0.1) is 11.8 Å². The fourth-order valence-corrected chi connectivity index (χ4v) is 5.78. The molecule has 0 bridgehead atoms. The Hall–Kier alpha value is -0.590. The van der Waals surface area contributed by atoms with E-state index in [9.17, 15) is 9.90 Å². The number of hydrogen-bond donors (Lipinski definition) is 1. The van der Waals surface area contributed by atoms with E-state index in [1.165, 1.54) is 25.9 Å². The van der Waals surface area contributed by atoms with Crippen LogP contribution >= 0.6 is 31.9 Å². The summed E-state index contributed by atoms with van der Waals surface area (Å²) in [4.78, 5) is 17.6. The molecule has 2 aliphatic rings. The summed E-state index contributed by atoms with van der Waals surface area (Å²) in [6, 6.07) is 4.44. The summed E-state index contributed by atoms with van der Waals surface area (Å²) in [6.45, 7) is 8.56. The minimum absolute atomic E-state index is 0.0556. The zero-order valence-corrected chi connectivity index (χ0v) is 19.4. The second-order valence-corrected chi connectivity index (χ2v) is 10.0. The van der Waals surface area contributed by atoms with Crippen molar-refractivity contribution in [2.24, 2.45) is 11.8 Å². The molecule has 2 heterocycles. The molecule has 1 amide bonds. The van der Waals surface area contributed by atoms with Crippen LogP contribution in [0.25, 0.3) is 0 Å². The van der Waals surface area contributed by atoms with Gasteiger partial charge in [-0.2, -0.15) is 0 Å². The molecule has 0 aliphatic carbocycles. The van der Waals surface area contributed by atoms with E-state index in [1.54, 1.807) is 0 Å². The van der Waals surface area contributed by atoms with Crippen molar-refractivity contribution < 1.29 is 9.90 Å². The Labute approximate surface area is 179 Å². The summed E-state index contributed by atoms with van der Waals surface area (Å²) in [6.07, 6.45) is 5.55. The highest BCUT2D eigenvalue weighted by molar-refractivity contribution is 9.11. The molecule has 1 aromatic carbocycles. The van der Waals surface area contributed by atoms with Crippen molar-refractivity contribution in [1.82, 2.24) is 9.80 Å². The van der Waals surface area contributed by atoms with E-state index in [2.05, 4.69) is 48.6 Å². The number of piperidine rings is 2. The Bertz CT molecular complexity index is 651. The van der Waals surface area contributed by atoms with E-state index in [0.717, 1.165) is 37.4 Å². The van der Waals surface area contributed by atoms with Crippen LogP contribution in [-0.2, 0) is 11.2 Å². The molecule has 0 radical (unpaired) electrons. The van der Waals surface area contributed by atoms with E-state index in [0.29, 0.717) is 21.4 Å². The van der Waals surface area contributed by atoms with Crippen molar-refractivity contribution in [2.45, 2.75) is 52.0 Å². The van der Waals surface area contributed by atoms with Crippen LogP contribution in [0.15, 0.2) is 21.1 Å². The van der Waals surface area contributed by atoms with Crippen LogP contribution < -0.4 is 0 Å². The predicted molar refractivity (Wildman–Crippen MR) is 116 cm³/mol. The van der Waals surface area contributed by atoms with E-state index in [1.807, 2.05) is 19.1 Å². The lowest BCUT2D eigenvalue weighted by atomic mass is 9.94. The van der Waals surface area contributed by atoms with E-state index in [-0.39, 0.29) is 17.6 Å². The third-order valence-corrected chi connectivity index (χ3v) is 7.23. The van der Waals surface area contributed by atoms with Crippen molar-refractivity contribution in [3.63, 3.8) is 0 Å². The summed E-state index contributed by atoms with van der Waals surface area (Å²) >= 11 is 6.74. The minimum Gasteiger partial charge on any atom is -0.506 e. The molecular weight excluding hydrogens is 472 g/mol. The molecular formula is C21H30Br2N2O2. The third kappa shape index (κ3) is 5.27. The first-order chi connectivity index (χ1) is 12.8. The van der Waals surface area contributed by atoms with Crippen LogP contribution in [0.3, 0.4) is 0 Å². The number of amides is 1. The van der Waals surface area contributed by atoms with Crippen LogP contribution in [-0.4, -0.2) is 53.0 Å². The Morgan fingerprint density at radius 3 is 2.41 bits per heavy atom. The molecule has 4 nitrogen and oxygen atoms in total. The molecule has 1 N–H and O–H groups in total. The molecule has 27 heavy (non-hydrogen) atoms. The Morgan fingerprint density at radius 1 is 1.19 bits per heavy atom. The maximum absolute atomic E-state index is 12.9. The summed E-state index contributed by atoms with van der Waals surface area (Å²) in [5, 5.41) is 9.85. The lowest BCUT2D eigenvalue weighted by Crippen LogP contribution is -2.50. The molecule has 6 heteroatoms. The molecule has 3 rings (SSSR count). The molecule has 0 spiro atoms. The number of carbonyl (C=O) groups is 1. The topological polar surface area (TPSA) is 43.8 Å². The first-order valence-corrected chi connectivity index (χ1v) is 11.6. The lowest BCUT2D eigenvalue weighted by Gasteiger charge is -2.42. The Kier molecular flexibility index (Phi) is 7.25. The highest BCUT2D eigenvalue weighted by Gasteiger charge is 2.30. The van der Waals surface area contributed by atoms with Gasteiger partial charge in [-0.1, -0.05) is 13.8 Å². The fraction of sp³-hybridized carbons (Fsp3) is 0.667. The number of rotatable bonds is 4. The highest BCUT2D eigenvalue weighted by Crippen LogP contribution is 2.34. The molecule has 2 aliphatic heterocycles. The number of carbonyl (C=O) groups excluding carboxylic acids is 1. The average molecular weight is 502 g/mol. The maximum Gasteiger partial charge on any atom is 0.225 e. The minimum atomic E-state index is -0.0556. The second kappa shape index (κ2) is 9.27. The molecule has 2 saturated heterocycles. The van der Waals surface area contributed by atoms with Gasteiger partial charge >= 0.3 is 0 Å². The van der Waals surface area contributed by atoms with Crippen molar-refractivity contribution >= 4 is 37.8 Å². The molecule has 0 saturated carbocycles. The fourth-order valence-electron chi connectivity index (χ4n) is 4.50. The number of nitrogens with zero attached hydrogens (tertiary/aromatic N) is 2. The van der Waals surface area contributed by atoms with Gasteiger partial charge in [0.1, 0.15) is 5.75 Å². The number of phenols is 1. The summed E-state index contributed by atoms with van der Waals surface area (Å²) in [5.41, 5.74) is 1.05. The molecule has 0 aromatic heterocycles. The van der Waals surface area contributed by atoms with Gasteiger partial charge in [-0.25, -0.2) is 0 Å². The first-order valence-electron chi connectivity index (χ1n) is 10.0. The standard InChI is InChI=1S/C21H30Br2N2O2/c1-14-4-3-7-25(13-14)17-5-8-24(9-6-17)21(27)15(2)10-16-11-18(22)20(26)19(23)12-16/h11-12,14-15,17,26H,3-10,13H2,1-2H3/t14-,15+/m0/s1. The monoisotopic (exact) mass is 500 g/mol. The summed E-state index contributed by atoms with van der Waals surface area (Å²) < 4.78 is 1.31. The van der Waals surface area contributed by atoms with E-state index >= 15 is 0 Å². The first kappa shape index (κ1) is 21.1. The number of halogens is 2. The average Bonchev–Trinajstić information content (AvgIpc) is 2.65. The van der Waals surface area contributed by atoms with Gasteiger partial charge in [0, 0.05) is 31.6 Å². The van der Waals surface area contributed by atoms with Crippen molar-refractivity contribution in [2.75, 3.05) is 26.2 Å². The van der Waals surface area contributed by atoms with E-state index in [4.69, 9.17) is 0 Å². The van der Waals surface area contributed by atoms with Gasteiger partial charge in [0.05, 0.1) is 8.95 Å². The zero-order chi connectivity index (χ0) is 19.6. The van der Waals surface area contributed by atoms with Gasteiger partial charge in [-0.3, -0.25) is 9.69 Å².